The number of ether oxygens (including phenoxy) is 3. The fraction of sp³-hybridized carbons (Fsp3) is 0.804. The van der Waals surface area contributed by atoms with Crippen molar-refractivity contribution >= 4 is 17.3 Å². The molecule has 0 aromatic carbocycles. The summed E-state index contributed by atoms with van der Waals surface area (Å²) in [5.41, 5.74) is 0.820. The Kier molecular flexibility index (Phi) is 17.3. The number of fused-ring (bicyclic) bond motifs is 3. The number of ketones is 3. The van der Waals surface area contributed by atoms with Crippen LogP contribution in [-0.2, 0) is 28.6 Å². The highest BCUT2D eigenvalue weighted by atomic mass is 16.5. The maximum atomic E-state index is 14.6. The summed E-state index contributed by atoms with van der Waals surface area (Å²) in [5.74, 6) is -4.79. The van der Waals surface area contributed by atoms with E-state index in [4.69, 9.17) is 14.2 Å². The van der Waals surface area contributed by atoms with Crippen molar-refractivity contribution in [3.63, 3.8) is 0 Å². The molecule has 10 nitrogen and oxygen atoms in total. The first-order valence-corrected chi connectivity index (χ1v) is 21.4. The zero-order chi connectivity index (χ0) is 41.5. The number of carbonyl (C=O) groups excluding carboxylic acids is 3. The number of allylic oxidation sites excluding steroid dienone is 3. The predicted molar refractivity (Wildman–Crippen MR) is 217 cm³/mol. The molecule has 3 saturated carbocycles. The highest BCUT2D eigenvalue weighted by molar-refractivity contribution is 6.41. The van der Waals surface area contributed by atoms with Gasteiger partial charge in [-0.2, -0.15) is 0 Å². The lowest BCUT2D eigenvalue weighted by molar-refractivity contribution is -0.173. The maximum Gasteiger partial charge on any atom is 0.230 e. The second-order valence-electron chi connectivity index (χ2n) is 18.4. The molecule has 4 aliphatic carbocycles. The summed E-state index contributed by atoms with van der Waals surface area (Å²) in [4.78, 5) is 43.4. The zero-order valence-corrected chi connectivity index (χ0v) is 35.6. The first-order chi connectivity index (χ1) is 26.5. The van der Waals surface area contributed by atoms with E-state index in [-0.39, 0.29) is 85.5 Å². The second-order valence-corrected chi connectivity index (χ2v) is 18.4. The van der Waals surface area contributed by atoms with Crippen LogP contribution in [0.1, 0.15) is 118 Å². The quantitative estimate of drug-likeness (QED) is 0.176. The van der Waals surface area contributed by atoms with E-state index in [2.05, 4.69) is 19.6 Å². The van der Waals surface area contributed by atoms with E-state index in [1.54, 1.807) is 28.3 Å². The third-order valence-corrected chi connectivity index (χ3v) is 14.5. The van der Waals surface area contributed by atoms with Crippen molar-refractivity contribution in [3.8, 4) is 0 Å². The van der Waals surface area contributed by atoms with Gasteiger partial charge in [0, 0.05) is 51.4 Å². The largest absolute Gasteiger partial charge is 0.395 e. The lowest BCUT2D eigenvalue weighted by Crippen LogP contribution is -2.58. The third kappa shape index (κ3) is 11.0. The summed E-state index contributed by atoms with van der Waals surface area (Å²) < 4.78 is 17.6. The average molecular weight is 787 g/mol. The van der Waals surface area contributed by atoms with E-state index in [1.165, 1.54) is 0 Å². The molecule has 0 aromatic heterocycles. The number of carbonyl (C=O) groups is 3. The molecule has 10 unspecified atom stereocenters. The molecule has 2 bridgehead atoms. The molecule has 0 spiro atoms. The molecule has 4 rings (SSSR count). The molecule has 0 saturated heterocycles. The summed E-state index contributed by atoms with van der Waals surface area (Å²) in [5, 5.41) is 45.1. The molecule has 0 amide bonds. The lowest BCUT2D eigenvalue weighted by atomic mass is 9.63. The molecule has 15 atom stereocenters. The number of methoxy groups -OCH3 is 3. The van der Waals surface area contributed by atoms with Crippen molar-refractivity contribution < 1.29 is 49.0 Å². The van der Waals surface area contributed by atoms with Gasteiger partial charge >= 0.3 is 0 Å². The maximum absolute atomic E-state index is 14.6. The van der Waals surface area contributed by atoms with Crippen LogP contribution < -0.4 is 0 Å². The summed E-state index contributed by atoms with van der Waals surface area (Å²) >= 11 is 0. The van der Waals surface area contributed by atoms with Crippen molar-refractivity contribution in [1.29, 1.82) is 0 Å². The van der Waals surface area contributed by atoms with Gasteiger partial charge in [-0.3, -0.25) is 14.4 Å². The van der Waals surface area contributed by atoms with Crippen LogP contribution in [0, 0.1) is 53.3 Å². The highest BCUT2D eigenvalue weighted by Crippen LogP contribution is 2.45. The molecular formula is C46H74O10. The minimum absolute atomic E-state index is 0.0264. The zero-order valence-electron chi connectivity index (χ0n) is 35.6. The third-order valence-electron chi connectivity index (χ3n) is 14.5. The summed E-state index contributed by atoms with van der Waals surface area (Å²) in [6.07, 6.45) is 8.36. The molecular weight excluding hydrogens is 712 g/mol. The van der Waals surface area contributed by atoms with Crippen LogP contribution in [0.5, 0.6) is 0 Å². The molecule has 4 aliphatic rings. The van der Waals surface area contributed by atoms with E-state index in [0.29, 0.717) is 56.9 Å². The summed E-state index contributed by atoms with van der Waals surface area (Å²) in [7, 11) is 4.87. The number of rotatable bonds is 6. The standard InChI is InChI=1S/C46H74O10/c1-26-16-27(2)18-41(54-7)37-24-46(53,30(5)21-42(37)55-8)45(52)44(51)35-13-11-10-12-34(35)40(50)23-36(31(6)39(49)20-28(3)33(17-26)25-47)29(4)19-32-14-15-38(48)43(22-32)56-9/h17,19,27,30-39,41-43,47-49,53H,3,10-16,18,20-25H2,1-2,4-9H3/b26-17+,29-19+/t27?,30-,31?,32+,33?,34-,35?,36?,37?,38?,39?,41+,42?,43?,46+/m1/s1. The van der Waals surface area contributed by atoms with Crippen LogP contribution >= 0.6 is 0 Å². The van der Waals surface area contributed by atoms with Crippen molar-refractivity contribution in [2.45, 2.75) is 154 Å². The molecule has 0 aromatic rings. The number of aliphatic hydroxyl groups is 4. The fourth-order valence-corrected chi connectivity index (χ4v) is 10.8. The topological polar surface area (TPSA) is 160 Å². The molecule has 0 aliphatic heterocycles. The number of hydrogen-bond donors (Lipinski definition) is 4. The molecule has 0 radical (unpaired) electrons. The number of aliphatic hydroxyl groups excluding tert-OH is 3. The van der Waals surface area contributed by atoms with Gasteiger partial charge in [-0.15, -0.1) is 0 Å². The van der Waals surface area contributed by atoms with Gasteiger partial charge in [0.2, 0.25) is 11.6 Å². The van der Waals surface area contributed by atoms with Gasteiger partial charge in [-0.1, -0.05) is 69.1 Å². The van der Waals surface area contributed by atoms with Crippen LogP contribution in [0.2, 0.25) is 0 Å². The van der Waals surface area contributed by atoms with Gasteiger partial charge < -0.3 is 34.6 Å². The summed E-state index contributed by atoms with van der Waals surface area (Å²) in [6.45, 7) is 14.1. The molecule has 3 fully saturated rings. The Morgan fingerprint density at radius 2 is 1.48 bits per heavy atom. The molecule has 0 heterocycles. The smallest absolute Gasteiger partial charge is 0.230 e. The molecule has 10 heteroatoms. The Morgan fingerprint density at radius 3 is 2.11 bits per heavy atom. The number of hydrogen-bond acceptors (Lipinski definition) is 10. The van der Waals surface area contributed by atoms with E-state index >= 15 is 0 Å². The van der Waals surface area contributed by atoms with Gasteiger partial charge in [0.05, 0.1) is 37.1 Å². The molecule has 4 N–H and O–H groups in total. The second kappa shape index (κ2) is 20.8. The van der Waals surface area contributed by atoms with Gasteiger partial charge in [0.25, 0.3) is 0 Å². The van der Waals surface area contributed by atoms with E-state index < -0.39 is 47.1 Å². The van der Waals surface area contributed by atoms with E-state index in [1.807, 2.05) is 26.8 Å². The molecule has 56 heavy (non-hydrogen) atoms. The average Bonchev–Trinajstić information content (AvgIpc) is 3.18. The Hall–Kier alpha value is -2.05. The normalized spacial score (nSPS) is 43.0. The van der Waals surface area contributed by atoms with Gasteiger partial charge in [-0.25, -0.2) is 0 Å². The van der Waals surface area contributed by atoms with Crippen molar-refractivity contribution in [1.82, 2.24) is 0 Å². The summed E-state index contributed by atoms with van der Waals surface area (Å²) in [6, 6.07) is 0. The van der Waals surface area contributed by atoms with Crippen molar-refractivity contribution in [2.24, 2.45) is 53.3 Å². The minimum atomic E-state index is -1.92. The first kappa shape index (κ1) is 46.6. The monoisotopic (exact) mass is 787 g/mol. The Bertz CT molecular complexity index is 1420. The first-order valence-electron chi connectivity index (χ1n) is 21.4. The fourth-order valence-electron chi connectivity index (χ4n) is 10.8. The van der Waals surface area contributed by atoms with Gasteiger partial charge in [0.15, 0.2) is 0 Å². The van der Waals surface area contributed by atoms with Crippen molar-refractivity contribution in [2.75, 3.05) is 27.9 Å². The SMILES string of the molecule is C=C1CC(O)C(C)C(/C(C)=C/[C@@H]2CCC(O)C(OC)C2)CC(=O)[C@@H]2CCCCC2C(=O)C(=O)[C@]2(O)CC(C(OC)C[C@H]2C)[C@@H](OC)CC(C)C/C(C)=C/C1CO. The van der Waals surface area contributed by atoms with Crippen LogP contribution in [0.4, 0.5) is 0 Å². The van der Waals surface area contributed by atoms with Crippen LogP contribution in [0.15, 0.2) is 35.5 Å². The van der Waals surface area contributed by atoms with Crippen LogP contribution in [0.3, 0.4) is 0 Å². The highest BCUT2D eigenvalue weighted by Gasteiger charge is 2.55. The van der Waals surface area contributed by atoms with Crippen molar-refractivity contribution in [3.05, 3.63) is 35.5 Å². The Balaban J connectivity index is 1.76. The minimum Gasteiger partial charge on any atom is -0.395 e. The Labute approximate surface area is 336 Å². The van der Waals surface area contributed by atoms with E-state index in [9.17, 15) is 34.8 Å². The lowest BCUT2D eigenvalue weighted by Gasteiger charge is -2.47. The number of Topliss-reactive ketones (excluding diaryl/α,β-unsaturated/α-hetero) is 3. The van der Waals surface area contributed by atoms with Crippen LogP contribution in [-0.4, -0.2) is 102 Å². The molecule has 318 valence electrons. The van der Waals surface area contributed by atoms with Gasteiger partial charge in [-0.05, 0) is 108 Å². The van der Waals surface area contributed by atoms with Gasteiger partial charge in [0.1, 0.15) is 11.4 Å². The Morgan fingerprint density at radius 1 is 0.857 bits per heavy atom. The van der Waals surface area contributed by atoms with Crippen LogP contribution in [0.25, 0.3) is 0 Å². The van der Waals surface area contributed by atoms with E-state index in [0.717, 1.165) is 24.0 Å². The predicted octanol–water partition coefficient (Wildman–Crippen LogP) is 6.36.